The van der Waals surface area contributed by atoms with E-state index in [-0.39, 0.29) is 5.97 Å². The van der Waals surface area contributed by atoms with E-state index in [1.807, 2.05) is 18.2 Å². The second kappa shape index (κ2) is 4.97. The Bertz CT molecular complexity index is 574. The Labute approximate surface area is 119 Å². The zero-order chi connectivity index (χ0) is 14.2. The van der Waals surface area contributed by atoms with Crippen molar-refractivity contribution in [3.8, 4) is 11.5 Å². The van der Waals surface area contributed by atoms with Crippen LogP contribution in [-0.4, -0.2) is 13.1 Å². The first-order valence-electron chi connectivity index (χ1n) is 7.13. The Balaban J connectivity index is 1.79. The molecular formula is C17H20O3. The second-order valence-electron chi connectivity index (χ2n) is 6.00. The molecule has 106 valence electrons. The molecule has 0 heterocycles. The summed E-state index contributed by atoms with van der Waals surface area (Å²) < 4.78 is 10.5. The number of ether oxygens (including phenoxy) is 2. The molecular weight excluding hydrogens is 252 g/mol. The molecule has 2 aliphatic rings. The lowest BCUT2D eigenvalue weighted by atomic mass is 9.79. The van der Waals surface area contributed by atoms with Crippen LogP contribution < -0.4 is 9.47 Å². The van der Waals surface area contributed by atoms with Crippen molar-refractivity contribution < 1.29 is 14.3 Å². The Kier molecular flexibility index (Phi) is 3.28. The number of fused-ring (bicyclic) bond motifs is 2. The predicted molar refractivity (Wildman–Crippen MR) is 77.0 cm³/mol. The van der Waals surface area contributed by atoms with Gasteiger partial charge in [0.05, 0.1) is 7.11 Å². The third-order valence-corrected chi connectivity index (χ3v) is 4.46. The number of carbonyl (C=O) groups is 1. The summed E-state index contributed by atoms with van der Waals surface area (Å²) in [7, 11) is 1.61. The maximum absolute atomic E-state index is 11.1. The first-order valence-corrected chi connectivity index (χ1v) is 7.13. The number of hydrogen-bond acceptors (Lipinski definition) is 3. The van der Waals surface area contributed by atoms with Crippen LogP contribution in [0.3, 0.4) is 0 Å². The van der Waals surface area contributed by atoms with Crippen LogP contribution in [0.25, 0.3) is 0 Å². The fourth-order valence-electron chi connectivity index (χ4n) is 3.51. The first kappa shape index (κ1) is 13.2. The second-order valence-corrected chi connectivity index (χ2v) is 6.00. The summed E-state index contributed by atoms with van der Waals surface area (Å²) in [4.78, 5) is 11.1. The summed E-state index contributed by atoms with van der Waals surface area (Å²) >= 11 is 0. The molecule has 0 radical (unpaired) electrons. The molecule has 20 heavy (non-hydrogen) atoms. The number of hydrogen-bond donors (Lipinski definition) is 0. The zero-order valence-corrected chi connectivity index (χ0v) is 12.1. The fraction of sp³-hybridized carbons (Fsp3) is 0.471. The average molecular weight is 272 g/mol. The van der Waals surface area contributed by atoms with Crippen LogP contribution in [0.1, 0.15) is 38.2 Å². The molecule has 0 spiro atoms. The third-order valence-electron chi connectivity index (χ3n) is 4.46. The molecule has 1 aromatic rings. The van der Waals surface area contributed by atoms with Gasteiger partial charge in [0.25, 0.3) is 0 Å². The molecule has 0 N–H and O–H groups in total. The van der Waals surface area contributed by atoms with Gasteiger partial charge in [-0.2, -0.15) is 0 Å². The Morgan fingerprint density at radius 1 is 1.35 bits per heavy atom. The van der Waals surface area contributed by atoms with E-state index in [1.54, 1.807) is 12.7 Å². The maximum Gasteiger partial charge on any atom is 0.308 e. The molecule has 3 rings (SSSR count). The molecule has 2 aliphatic carbocycles. The van der Waals surface area contributed by atoms with E-state index in [0.29, 0.717) is 16.9 Å². The van der Waals surface area contributed by atoms with Gasteiger partial charge in [0.1, 0.15) is 0 Å². The molecule has 0 aliphatic heterocycles. The number of methoxy groups -OCH3 is 1. The van der Waals surface area contributed by atoms with Crippen molar-refractivity contribution in [3.05, 3.63) is 35.4 Å². The molecule has 0 saturated heterocycles. The van der Waals surface area contributed by atoms with Crippen molar-refractivity contribution in [2.75, 3.05) is 7.11 Å². The maximum atomic E-state index is 11.1. The van der Waals surface area contributed by atoms with Crippen LogP contribution >= 0.6 is 0 Å². The van der Waals surface area contributed by atoms with Gasteiger partial charge >= 0.3 is 5.97 Å². The van der Waals surface area contributed by atoms with Crippen molar-refractivity contribution >= 4 is 5.97 Å². The molecule has 1 saturated carbocycles. The third kappa shape index (κ3) is 2.45. The van der Waals surface area contributed by atoms with Gasteiger partial charge < -0.3 is 9.47 Å². The van der Waals surface area contributed by atoms with Gasteiger partial charge in [-0.3, -0.25) is 4.79 Å². The molecule has 0 aromatic heterocycles. The highest BCUT2D eigenvalue weighted by Gasteiger charge is 2.39. The highest BCUT2D eigenvalue weighted by atomic mass is 16.6. The van der Waals surface area contributed by atoms with E-state index in [2.05, 4.69) is 6.08 Å². The van der Waals surface area contributed by atoms with Crippen LogP contribution in [0.2, 0.25) is 0 Å². The fourth-order valence-corrected chi connectivity index (χ4v) is 3.51. The van der Waals surface area contributed by atoms with Gasteiger partial charge in [-0.25, -0.2) is 0 Å². The summed E-state index contributed by atoms with van der Waals surface area (Å²) in [6, 6.07) is 5.89. The number of benzene rings is 1. The first-order chi connectivity index (χ1) is 9.60. The van der Waals surface area contributed by atoms with Gasteiger partial charge in [0, 0.05) is 6.92 Å². The van der Waals surface area contributed by atoms with Crippen LogP contribution in [0.5, 0.6) is 11.5 Å². The van der Waals surface area contributed by atoms with E-state index in [9.17, 15) is 4.79 Å². The van der Waals surface area contributed by atoms with Crippen LogP contribution in [0.15, 0.2) is 29.8 Å². The number of rotatable bonds is 4. The quantitative estimate of drug-likeness (QED) is 0.476. The van der Waals surface area contributed by atoms with Gasteiger partial charge in [-0.15, -0.1) is 0 Å². The highest BCUT2D eigenvalue weighted by molar-refractivity contribution is 5.70. The van der Waals surface area contributed by atoms with Gasteiger partial charge in [0.2, 0.25) is 0 Å². The lowest BCUT2D eigenvalue weighted by Crippen LogP contribution is -2.17. The summed E-state index contributed by atoms with van der Waals surface area (Å²) in [5.74, 6) is 0.811. The SMILES string of the molecule is COc1cc(CC23CC=C(CC2)C3)ccc1OC(C)=O. The molecule has 1 unspecified atom stereocenters. The van der Waals surface area contributed by atoms with Gasteiger partial charge in [-0.1, -0.05) is 17.7 Å². The van der Waals surface area contributed by atoms with Gasteiger partial charge in [-0.05, 0) is 55.2 Å². The zero-order valence-electron chi connectivity index (χ0n) is 12.1. The smallest absolute Gasteiger partial charge is 0.308 e. The summed E-state index contributed by atoms with van der Waals surface area (Å²) in [5.41, 5.74) is 3.33. The largest absolute Gasteiger partial charge is 0.493 e. The van der Waals surface area contributed by atoms with Crippen LogP contribution in [0, 0.1) is 5.41 Å². The molecule has 2 bridgehead atoms. The van der Waals surface area contributed by atoms with Crippen LogP contribution in [-0.2, 0) is 11.2 Å². The summed E-state index contributed by atoms with van der Waals surface area (Å²) in [6.45, 7) is 1.40. The monoisotopic (exact) mass is 272 g/mol. The minimum absolute atomic E-state index is 0.324. The van der Waals surface area contributed by atoms with Gasteiger partial charge in [0.15, 0.2) is 11.5 Å². The van der Waals surface area contributed by atoms with E-state index < -0.39 is 0 Å². The topological polar surface area (TPSA) is 35.5 Å². The van der Waals surface area contributed by atoms with Crippen molar-refractivity contribution in [1.29, 1.82) is 0 Å². The standard InChI is InChI=1S/C17H20O3/c1-12(18)20-15-4-3-14(9-16(15)19-2)11-17-7-5-13(10-17)6-8-17/h3-5,9H,6-8,10-11H2,1-2H3. The minimum Gasteiger partial charge on any atom is -0.493 e. The van der Waals surface area contributed by atoms with Crippen molar-refractivity contribution in [2.24, 2.45) is 5.41 Å². The van der Waals surface area contributed by atoms with E-state index in [4.69, 9.17) is 9.47 Å². The summed E-state index contributed by atoms with van der Waals surface area (Å²) in [5, 5.41) is 0. The number of esters is 1. The Morgan fingerprint density at radius 2 is 2.20 bits per heavy atom. The molecule has 1 aromatic carbocycles. The predicted octanol–water partition coefficient (Wildman–Crippen LogP) is 3.66. The average Bonchev–Trinajstić information content (AvgIpc) is 3.00. The van der Waals surface area contributed by atoms with E-state index in [0.717, 1.165) is 6.42 Å². The normalized spacial score (nSPS) is 23.6. The molecule has 1 atom stereocenters. The lowest BCUT2D eigenvalue weighted by molar-refractivity contribution is -0.132. The Hall–Kier alpha value is -1.77. The molecule has 0 amide bonds. The Morgan fingerprint density at radius 3 is 2.75 bits per heavy atom. The van der Waals surface area contributed by atoms with Crippen molar-refractivity contribution in [1.82, 2.24) is 0 Å². The molecule has 3 heteroatoms. The number of allylic oxidation sites excluding steroid dienone is 2. The lowest BCUT2D eigenvalue weighted by Gasteiger charge is -2.26. The molecule has 3 nitrogen and oxygen atoms in total. The van der Waals surface area contributed by atoms with Crippen molar-refractivity contribution in [3.63, 3.8) is 0 Å². The molecule has 1 fully saturated rings. The van der Waals surface area contributed by atoms with Crippen LogP contribution in [0.4, 0.5) is 0 Å². The van der Waals surface area contributed by atoms with Crippen molar-refractivity contribution in [2.45, 2.75) is 39.0 Å². The van der Waals surface area contributed by atoms with E-state index >= 15 is 0 Å². The minimum atomic E-state index is -0.324. The highest BCUT2D eigenvalue weighted by Crippen LogP contribution is 2.52. The number of carbonyl (C=O) groups excluding carboxylic acids is 1. The van der Waals surface area contributed by atoms with E-state index in [1.165, 1.54) is 38.2 Å². The summed E-state index contributed by atoms with van der Waals surface area (Å²) in [6.07, 6.45) is 8.50.